The van der Waals surface area contributed by atoms with Crippen LogP contribution in [0.3, 0.4) is 0 Å². The van der Waals surface area contributed by atoms with Gasteiger partial charge < -0.3 is 31.2 Å². The molecule has 0 saturated heterocycles. The van der Waals surface area contributed by atoms with E-state index >= 15 is 0 Å². The SMILES string of the molecule is C\C=C/C=C\C(=C\CC)NC(=O)OCOc1ccc(CC(NC(=O)CCCCC)C(=O)NC(C(=O)NC(C)(C)C(C)(C)C)C(C)CC)cc1.NC=O. The Morgan fingerprint density at radius 2 is 1.56 bits per heavy atom. The van der Waals surface area contributed by atoms with Gasteiger partial charge in [0.1, 0.15) is 17.8 Å². The number of alkyl carbamates (subject to hydrolysis) is 1. The normalized spacial score (nSPS) is 13.6. The first-order valence-electron chi connectivity index (χ1n) is 18.2. The number of hydrogen-bond acceptors (Lipinski definition) is 7. The molecule has 0 aliphatic heterocycles. The number of primary amides is 1. The Morgan fingerprint density at radius 3 is 2.10 bits per heavy atom. The van der Waals surface area contributed by atoms with Crippen LogP contribution in [0.2, 0.25) is 0 Å². The molecule has 0 spiro atoms. The average Bonchev–Trinajstić information content (AvgIpc) is 3.07. The van der Waals surface area contributed by atoms with Gasteiger partial charge in [-0.1, -0.05) is 104 Å². The Hall–Kier alpha value is -4.61. The maximum Gasteiger partial charge on any atom is 0.414 e. The second kappa shape index (κ2) is 25.4. The molecular weight excluding hydrogens is 662 g/mol. The van der Waals surface area contributed by atoms with Crippen LogP contribution in [-0.4, -0.2) is 54.6 Å². The van der Waals surface area contributed by atoms with Crippen LogP contribution in [0.4, 0.5) is 4.79 Å². The zero-order valence-corrected chi connectivity index (χ0v) is 33.1. The Balaban J connectivity index is 0.00000835. The summed E-state index contributed by atoms with van der Waals surface area (Å²) >= 11 is 0. The van der Waals surface area contributed by atoms with Gasteiger partial charge in [-0.15, -0.1) is 0 Å². The van der Waals surface area contributed by atoms with Gasteiger partial charge >= 0.3 is 6.09 Å². The fourth-order valence-corrected chi connectivity index (χ4v) is 4.45. The Morgan fingerprint density at radius 1 is 0.923 bits per heavy atom. The number of nitrogens with one attached hydrogen (secondary N) is 4. The molecule has 0 fully saturated rings. The van der Waals surface area contributed by atoms with Gasteiger partial charge in [-0.3, -0.25) is 24.5 Å². The highest BCUT2D eigenvalue weighted by Crippen LogP contribution is 2.29. The van der Waals surface area contributed by atoms with Gasteiger partial charge in [0.05, 0.1) is 0 Å². The highest BCUT2D eigenvalue weighted by Gasteiger charge is 2.38. The van der Waals surface area contributed by atoms with Gasteiger partial charge in [0.15, 0.2) is 0 Å². The van der Waals surface area contributed by atoms with Crippen molar-refractivity contribution in [3.8, 4) is 5.75 Å². The zero-order chi connectivity index (χ0) is 39.7. The third kappa shape index (κ3) is 19.1. The smallest absolute Gasteiger partial charge is 0.414 e. The fourth-order valence-electron chi connectivity index (χ4n) is 4.45. The van der Waals surface area contributed by atoms with Crippen molar-refractivity contribution in [3.63, 3.8) is 0 Å². The van der Waals surface area contributed by atoms with Gasteiger partial charge in [0.25, 0.3) is 0 Å². The van der Waals surface area contributed by atoms with Crippen molar-refractivity contribution in [3.05, 3.63) is 65.9 Å². The van der Waals surface area contributed by atoms with Crippen LogP contribution in [0.5, 0.6) is 5.75 Å². The highest BCUT2D eigenvalue weighted by molar-refractivity contribution is 5.92. The molecule has 0 aliphatic rings. The van der Waals surface area contributed by atoms with Crippen molar-refractivity contribution in [2.45, 2.75) is 132 Å². The Kier molecular flexibility index (Phi) is 23.1. The van der Waals surface area contributed by atoms with Crippen molar-refractivity contribution in [2.24, 2.45) is 17.1 Å². The molecule has 0 saturated carbocycles. The zero-order valence-electron chi connectivity index (χ0n) is 33.1. The average molecular weight is 728 g/mol. The topological polar surface area (TPSA) is 178 Å². The predicted octanol–water partition coefficient (Wildman–Crippen LogP) is 6.36. The second-order valence-corrected chi connectivity index (χ2v) is 14.1. The lowest BCUT2D eigenvalue weighted by Crippen LogP contribution is -2.61. The molecule has 52 heavy (non-hydrogen) atoms. The third-order valence-corrected chi connectivity index (χ3v) is 8.79. The maximum atomic E-state index is 13.8. The van der Waals surface area contributed by atoms with E-state index in [1.165, 1.54) is 0 Å². The molecule has 3 unspecified atom stereocenters. The first-order chi connectivity index (χ1) is 24.5. The number of carbonyl (C=O) groups is 5. The summed E-state index contributed by atoms with van der Waals surface area (Å²) in [5.74, 6) is -0.555. The van der Waals surface area contributed by atoms with Gasteiger partial charge in [0, 0.05) is 24.1 Å². The van der Waals surface area contributed by atoms with Gasteiger partial charge in [-0.25, -0.2) is 4.79 Å². The molecule has 0 aliphatic carbocycles. The molecule has 1 aromatic rings. The number of ether oxygens (including phenoxy) is 2. The van der Waals surface area contributed by atoms with E-state index in [1.807, 2.05) is 65.8 Å². The summed E-state index contributed by atoms with van der Waals surface area (Å²) in [5.41, 5.74) is 4.83. The number of benzene rings is 1. The van der Waals surface area contributed by atoms with Crippen LogP contribution < -0.4 is 31.7 Å². The Labute approximate surface area is 311 Å². The van der Waals surface area contributed by atoms with Gasteiger partial charge in [0.2, 0.25) is 30.9 Å². The molecular formula is C40H65N5O7. The molecule has 1 aromatic carbocycles. The van der Waals surface area contributed by atoms with E-state index in [4.69, 9.17) is 14.3 Å². The van der Waals surface area contributed by atoms with Crippen LogP contribution in [0.1, 0.15) is 113 Å². The molecule has 12 nitrogen and oxygen atoms in total. The van der Waals surface area contributed by atoms with Crippen molar-refractivity contribution < 1.29 is 33.4 Å². The number of rotatable bonds is 20. The summed E-state index contributed by atoms with van der Waals surface area (Å²) in [6, 6.07) is 5.33. The number of nitrogens with two attached hydrogens (primary N) is 1. The predicted molar refractivity (Wildman–Crippen MR) is 207 cm³/mol. The summed E-state index contributed by atoms with van der Waals surface area (Å²) in [6.45, 7) is 19.7. The van der Waals surface area contributed by atoms with E-state index in [0.29, 0.717) is 24.3 Å². The number of hydrogen-bond donors (Lipinski definition) is 5. The first kappa shape index (κ1) is 47.4. The summed E-state index contributed by atoms with van der Waals surface area (Å²) in [6.07, 6.45) is 13.4. The fraction of sp³-hybridized carbons (Fsp3) is 0.575. The van der Waals surface area contributed by atoms with E-state index in [2.05, 4.69) is 54.7 Å². The van der Waals surface area contributed by atoms with Gasteiger partial charge in [-0.2, -0.15) is 0 Å². The second-order valence-electron chi connectivity index (χ2n) is 14.1. The highest BCUT2D eigenvalue weighted by atomic mass is 16.7. The van der Waals surface area contributed by atoms with E-state index in [0.717, 1.165) is 31.2 Å². The minimum Gasteiger partial charge on any atom is -0.457 e. The number of unbranched alkanes of at least 4 members (excludes halogenated alkanes) is 2. The lowest BCUT2D eigenvalue weighted by atomic mass is 9.76. The van der Waals surface area contributed by atoms with E-state index in [-0.39, 0.29) is 42.8 Å². The van der Waals surface area contributed by atoms with Crippen LogP contribution >= 0.6 is 0 Å². The quantitative estimate of drug-likeness (QED) is 0.0449. The first-order valence-corrected chi connectivity index (χ1v) is 18.2. The molecule has 3 atom stereocenters. The van der Waals surface area contributed by atoms with Gasteiger partial charge in [-0.05, 0) is 68.7 Å². The minimum absolute atomic E-state index is 0.134. The molecule has 1 rings (SSSR count). The molecule has 6 N–H and O–H groups in total. The number of allylic oxidation sites excluding steroid dienone is 5. The largest absolute Gasteiger partial charge is 0.457 e. The van der Waals surface area contributed by atoms with Crippen molar-refractivity contribution in [1.82, 2.24) is 21.3 Å². The lowest BCUT2D eigenvalue weighted by Gasteiger charge is -2.41. The van der Waals surface area contributed by atoms with Crippen molar-refractivity contribution >= 4 is 30.2 Å². The summed E-state index contributed by atoms with van der Waals surface area (Å²) in [7, 11) is 0. The Bertz CT molecular complexity index is 1330. The molecule has 292 valence electrons. The third-order valence-electron chi connectivity index (χ3n) is 8.79. The lowest BCUT2D eigenvalue weighted by molar-refractivity contribution is -0.134. The monoisotopic (exact) mass is 727 g/mol. The molecule has 0 bridgehead atoms. The van der Waals surface area contributed by atoms with Crippen LogP contribution in [0, 0.1) is 11.3 Å². The van der Waals surface area contributed by atoms with E-state index in [1.54, 1.807) is 30.3 Å². The molecule has 5 amide bonds. The molecule has 0 aromatic heterocycles. The molecule has 0 radical (unpaired) electrons. The van der Waals surface area contributed by atoms with E-state index < -0.39 is 29.6 Å². The van der Waals surface area contributed by atoms with Crippen molar-refractivity contribution in [2.75, 3.05) is 6.79 Å². The number of amides is 5. The number of carbonyl (C=O) groups excluding carboxylic acids is 5. The van der Waals surface area contributed by atoms with E-state index in [9.17, 15) is 19.2 Å². The maximum absolute atomic E-state index is 13.8. The summed E-state index contributed by atoms with van der Waals surface area (Å²) in [4.78, 5) is 61.0. The van der Waals surface area contributed by atoms with Crippen LogP contribution in [-0.2, 0) is 30.3 Å². The molecule has 12 heteroatoms. The standard InChI is InChI=1S/C39H62N4O6.CH3NO/c1-11-15-17-20-30(19-13-3)40-37(47)49-27-48-31-24-22-29(23-25-31)26-32(41-33(44)21-18-16-12-2)35(45)42-34(28(5)14-4)36(46)43-39(9,10)38(6,7)8;2-1-3/h11,15,17,19-20,22-25,28,32,34H,12-14,16,18,21,26-27H2,1-10H3,(H,40,47)(H,41,44)(H,42,45)(H,43,46);1H,(H2,2,3)/b15-11-,20-17-,30-19-;. The van der Waals surface area contributed by atoms with Crippen LogP contribution in [0.25, 0.3) is 0 Å². The minimum atomic E-state index is -0.893. The molecule has 0 heterocycles. The summed E-state index contributed by atoms with van der Waals surface area (Å²) in [5, 5.41) is 11.7. The summed E-state index contributed by atoms with van der Waals surface area (Å²) < 4.78 is 10.8. The van der Waals surface area contributed by atoms with Crippen molar-refractivity contribution in [1.29, 1.82) is 0 Å². The van der Waals surface area contributed by atoms with Crippen LogP contribution in [0.15, 0.2) is 60.3 Å².